The molecule has 0 bridgehead atoms. The van der Waals surface area contributed by atoms with Crippen LogP contribution in [0, 0.1) is 0 Å². The first-order valence-electron chi connectivity index (χ1n) is 9.68. The Labute approximate surface area is 180 Å². The van der Waals surface area contributed by atoms with Crippen LogP contribution in [0.3, 0.4) is 0 Å². The van der Waals surface area contributed by atoms with Gasteiger partial charge in [-0.05, 0) is 36.8 Å². The molecule has 7 nitrogen and oxygen atoms in total. The van der Waals surface area contributed by atoms with Crippen molar-refractivity contribution >= 4 is 29.3 Å². The summed E-state index contributed by atoms with van der Waals surface area (Å²) in [7, 11) is 3.41. The van der Waals surface area contributed by atoms with Crippen LogP contribution >= 0.6 is 11.8 Å². The molecule has 0 aliphatic rings. The third-order valence-corrected chi connectivity index (χ3v) is 5.44. The smallest absolute Gasteiger partial charge is 0.253 e. The van der Waals surface area contributed by atoms with Gasteiger partial charge in [0.15, 0.2) is 5.16 Å². The van der Waals surface area contributed by atoms with Crippen molar-refractivity contribution in [2.45, 2.75) is 25.0 Å². The van der Waals surface area contributed by atoms with Crippen molar-refractivity contribution in [2.24, 2.45) is 0 Å². The van der Waals surface area contributed by atoms with Gasteiger partial charge in [-0.3, -0.25) is 9.59 Å². The number of carbonyl (C=O) groups is 2. The van der Waals surface area contributed by atoms with E-state index >= 15 is 0 Å². The fraction of sp³-hybridized carbons (Fsp3) is 0.273. The summed E-state index contributed by atoms with van der Waals surface area (Å²) in [5.74, 6) is 0.894. The molecular formula is C22H25N5O2S. The molecule has 1 heterocycles. The first-order valence-corrected chi connectivity index (χ1v) is 10.7. The predicted octanol–water partition coefficient (Wildman–Crippen LogP) is 3.32. The van der Waals surface area contributed by atoms with E-state index in [-0.39, 0.29) is 17.6 Å². The van der Waals surface area contributed by atoms with Crippen molar-refractivity contribution in [1.29, 1.82) is 0 Å². The lowest BCUT2D eigenvalue weighted by Gasteiger charge is -2.11. The number of anilines is 1. The Morgan fingerprint density at radius 3 is 2.37 bits per heavy atom. The van der Waals surface area contributed by atoms with Gasteiger partial charge in [0.25, 0.3) is 5.91 Å². The Hall–Kier alpha value is -3.13. The average molecular weight is 424 g/mol. The Balaban J connectivity index is 1.57. The summed E-state index contributed by atoms with van der Waals surface area (Å²) in [5.41, 5.74) is 2.40. The molecule has 3 aromatic rings. The molecule has 3 rings (SSSR count). The second-order valence-electron chi connectivity index (χ2n) is 6.92. The highest BCUT2D eigenvalue weighted by molar-refractivity contribution is 7.99. The number of benzene rings is 2. The number of hydrogen-bond acceptors (Lipinski definition) is 5. The molecule has 2 aromatic carbocycles. The van der Waals surface area contributed by atoms with Gasteiger partial charge in [-0.1, -0.05) is 42.1 Å². The minimum Gasteiger partial charge on any atom is -0.345 e. The van der Waals surface area contributed by atoms with E-state index < -0.39 is 0 Å². The van der Waals surface area contributed by atoms with Gasteiger partial charge >= 0.3 is 0 Å². The molecule has 1 aromatic heterocycles. The average Bonchev–Trinajstić information content (AvgIpc) is 3.14. The number of nitrogens with one attached hydrogen (secondary N) is 1. The lowest BCUT2D eigenvalue weighted by Crippen LogP contribution is -2.21. The van der Waals surface area contributed by atoms with E-state index in [9.17, 15) is 9.59 Å². The molecule has 1 N–H and O–H groups in total. The Kier molecular flexibility index (Phi) is 7.24. The molecule has 30 heavy (non-hydrogen) atoms. The molecule has 2 amide bonds. The monoisotopic (exact) mass is 423 g/mol. The zero-order chi connectivity index (χ0) is 21.5. The third kappa shape index (κ3) is 5.48. The molecule has 0 fully saturated rings. The number of rotatable bonds is 8. The lowest BCUT2D eigenvalue weighted by atomic mass is 10.1. The second-order valence-corrected chi connectivity index (χ2v) is 7.86. The van der Waals surface area contributed by atoms with Crippen LogP contribution in [0.25, 0.3) is 0 Å². The summed E-state index contributed by atoms with van der Waals surface area (Å²) < 4.78 is 2.03. The van der Waals surface area contributed by atoms with Crippen molar-refractivity contribution in [3.05, 3.63) is 71.5 Å². The van der Waals surface area contributed by atoms with Crippen LogP contribution in [-0.4, -0.2) is 51.3 Å². The van der Waals surface area contributed by atoms with E-state index in [2.05, 4.69) is 27.6 Å². The molecule has 0 aliphatic carbocycles. The molecule has 0 saturated heterocycles. The standard InChI is InChI=1S/C22H25N5O2S/c1-4-27-19(14-16-8-6-5-7-9-16)24-25-22(27)30-15-20(28)23-18-12-10-17(11-13-18)21(29)26(2)3/h5-13H,4,14-15H2,1-3H3,(H,23,28). The van der Waals surface area contributed by atoms with E-state index in [1.807, 2.05) is 29.7 Å². The van der Waals surface area contributed by atoms with Crippen LogP contribution in [0.1, 0.15) is 28.7 Å². The van der Waals surface area contributed by atoms with E-state index in [1.165, 1.54) is 22.2 Å². The topological polar surface area (TPSA) is 80.1 Å². The van der Waals surface area contributed by atoms with Crippen LogP contribution in [-0.2, 0) is 17.8 Å². The largest absolute Gasteiger partial charge is 0.345 e. The van der Waals surface area contributed by atoms with E-state index in [1.54, 1.807) is 38.4 Å². The van der Waals surface area contributed by atoms with Crippen molar-refractivity contribution in [3.8, 4) is 0 Å². The van der Waals surface area contributed by atoms with Gasteiger partial charge in [0.05, 0.1) is 5.75 Å². The van der Waals surface area contributed by atoms with Crippen molar-refractivity contribution in [1.82, 2.24) is 19.7 Å². The highest BCUT2D eigenvalue weighted by Gasteiger charge is 2.14. The van der Waals surface area contributed by atoms with Gasteiger partial charge in [-0.15, -0.1) is 10.2 Å². The molecule has 0 saturated carbocycles. The maximum absolute atomic E-state index is 12.3. The first kappa shape index (κ1) is 21.6. The summed E-state index contributed by atoms with van der Waals surface area (Å²) in [6, 6.07) is 17.0. The van der Waals surface area contributed by atoms with Gasteiger partial charge < -0.3 is 14.8 Å². The zero-order valence-corrected chi connectivity index (χ0v) is 18.1. The number of nitrogens with zero attached hydrogens (tertiary/aromatic N) is 4. The highest BCUT2D eigenvalue weighted by atomic mass is 32.2. The van der Waals surface area contributed by atoms with Gasteiger partial charge in [0.2, 0.25) is 5.91 Å². The summed E-state index contributed by atoms with van der Waals surface area (Å²) in [5, 5.41) is 12.1. The maximum atomic E-state index is 12.3. The van der Waals surface area contributed by atoms with Gasteiger partial charge in [0, 0.05) is 38.3 Å². The van der Waals surface area contributed by atoms with Crippen molar-refractivity contribution in [3.63, 3.8) is 0 Å². The first-order chi connectivity index (χ1) is 14.5. The van der Waals surface area contributed by atoms with E-state index in [4.69, 9.17) is 0 Å². The lowest BCUT2D eigenvalue weighted by molar-refractivity contribution is -0.113. The van der Waals surface area contributed by atoms with Gasteiger partial charge in [0.1, 0.15) is 5.82 Å². The minimum atomic E-state index is -0.137. The highest BCUT2D eigenvalue weighted by Crippen LogP contribution is 2.19. The summed E-state index contributed by atoms with van der Waals surface area (Å²) in [6.45, 7) is 2.78. The number of hydrogen-bond donors (Lipinski definition) is 1. The van der Waals surface area contributed by atoms with E-state index in [0.717, 1.165) is 17.5 Å². The van der Waals surface area contributed by atoms with Crippen LogP contribution in [0.5, 0.6) is 0 Å². The molecule has 0 aliphatic heterocycles. The Morgan fingerprint density at radius 2 is 1.73 bits per heavy atom. The molecule has 0 spiro atoms. The van der Waals surface area contributed by atoms with Crippen molar-refractivity contribution in [2.75, 3.05) is 25.2 Å². The molecule has 8 heteroatoms. The fourth-order valence-corrected chi connectivity index (χ4v) is 3.76. The van der Waals surface area contributed by atoms with E-state index in [0.29, 0.717) is 17.7 Å². The quantitative estimate of drug-likeness (QED) is 0.562. The molecule has 0 radical (unpaired) electrons. The number of carbonyl (C=O) groups excluding carboxylic acids is 2. The second kappa shape index (κ2) is 10.1. The fourth-order valence-electron chi connectivity index (χ4n) is 2.93. The van der Waals surface area contributed by atoms with Crippen LogP contribution in [0.15, 0.2) is 59.8 Å². The van der Waals surface area contributed by atoms with Gasteiger partial charge in [-0.25, -0.2) is 0 Å². The third-order valence-electron chi connectivity index (χ3n) is 4.47. The predicted molar refractivity (Wildman–Crippen MR) is 119 cm³/mol. The Morgan fingerprint density at radius 1 is 1.03 bits per heavy atom. The molecule has 0 atom stereocenters. The summed E-state index contributed by atoms with van der Waals surface area (Å²) in [4.78, 5) is 25.8. The molecule has 0 unspecified atom stereocenters. The number of thioether (sulfide) groups is 1. The minimum absolute atomic E-state index is 0.0753. The summed E-state index contributed by atoms with van der Waals surface area (Å²) in [6.07, 6.45) is 0.701. The van der Waals surface area contributed by atoms with Crippen LogP contribution < -0.4 is 5.32 Å². The number of amides is 2. The number of aromatic nitrogens is 3. The molecule has 156 valence electrons. The van der Waals surface area contributed by atoms with Crippen LogP contribution in [0.2, 0.25) is 0 Å². The Bertz CT molecular complexity index is 1000. The normalized spacial score (nSPS) is 10.6. The zero-order valence-electron chi connectivity index (χ0n) is 17.3. The maximum Gasteiger partial charge on any atom is 0.253 e. The van der Waals surface area contributed by atoms with Gasteiger partial charge in [-0.2, -0.15) is 0 Å². The summed E-state index contributed by atoms with van der Waals surface area (Å²) >= 11 is 1.36. The van der Waals surface area contributed by atoms with Crippen LogP contribution in [0.4, 0.5) is 5.69 Å². The van der Waals surface area contributed by atoms with Crippen molar-refractivity contribution < 1.29 is 9.59 Å². The molecular weight excluding hydrogens is 398 g/mol. The SMILES string of the molecule is CCn1c(Cc2ccccc2)nnc1SCC(=O)Nc1ccc(C(=O)N(C)C)cc1.